The van der Waals surface area contributed by atoms with Crippen molar-refractivity contribution in [2.75, 3.05) is 0 Å². The van der Waals surface area contributed by atoms with E-state index < -0.39 is 0 Å². The lowest BCUT2D eigenvalue weighted by Gasteiger charge is -1.99. The largest absolute Gasteiger partial charge is 0.329 e. The second kappa shape index (κ2) is 4.32. The van der Waals surface area contributed by atoms with Gasteiger partial charge in [-0.1, -0.05) is 6.92 Å². The molecule has 1 amide bonds. The number of rotatable bonds is 2. The number of carbonyl (C=O) groups is 1. The van der Waals surface area contributed by atoms with Gasteiger partial charge in [0, 0.05) is 6.42 Å². The summed E-state index contributed by atoms with van der Waals surface area (Å²) in [4.78, 5) is 10.4. The van der Waals surface area contributed by atoms with E-state index in [4.69, 9.17) is 0 Å². The summed E-state index contributed by atoms with van der Waals surface area (Å²) in [6, 6.07) is 0. The van der Waals surface area contributed by atoms with Crippen LogP contribution in [-0.2, 0) is 4.79 Å². The molecule has 0 heterocycles. The molecule has 0 aromatic rings. The molecule has 4 heteroatoms. The zero-order valence-electron chi connectivity index (χ0n) is 4.37. The predicted octanol–water partition coefficient (Wildman–Crippen LogP) is 1.75. The zero-order chi connectivity index (χ0) is 6.57. The van der Waals surface area contributed by atoms with Crippen molar-refractivity contribution in [1.82, 2.24) is 5.32 Å². The molecule has 0 saturated heterocycles. The highest BCUT2D eigenvalue weighted by Gasteiger charge is 2.01. The van der Waals surface area contributed by atoms with E-state index in [0.29, 0.717) is 10.3 Å². The van der Waals surface area contributed by atoms with Crippen molar-refractivity contribution in [2.45, 2.75) is 13.3 Å². The Morgan fingerprint density at radius 2 is 2.12 bits per heavy atom. The molecule has 0 aromatic heterocycles. The van der Waals surface area contributed by atoms with Crippen LogP contribution in [0.2, 0.25) is 0 Å². The number of halogens is 2. The van der Waals surface area contributed by atoms with Crippen molar-refractivity contribution >= 4 is 37.8 Å². The topological polar surface area (TPSA) is 29.1 Å². The zero-order valence-corrected chi connectivity index (χ0v) is 7.54. The molecule has 0 atom stereocenters. The van der Waals surface area contributed by atoms with E-state index in [9.17, 15) is 4.79 Å². The first-order chi connectivity index (χ1) is 3.66. The standard InChI is InChI=1S/C4H6Br2NO/c1-2-3(8)7-4(5)6/h2H2,1H3,(H,7,8). The molecule has 2 nitrogen and oxygen atoms in total. The molecule has 0 aliphatic carbocycles. The second-order valence-corrected chi connectivity index (χ2v) is 3.81. The Morgan fingerprint density at radius 3 is 2.25 bits per heavy atom. The van der Waals surface area contributed by atoms with Gasteiger partial charge in [0.2, 0.25) is 5.91 Å². The van der Waals surface area contributed by atoms with Crippen LogP contribution < -0.4 is 5.32 Å². The Morgan fingerprint density at radius 1 is 1.62 bits per heavy atom. The Labute approximate surface area is 65.3 Å². The van der Waals surface area contributed by atoms with E-state index in [2.05, 4.69) is 37.2 Å². The first-order valence-electron chi connectivity index (χ1n) is 2.14. The van der Waals surface area contributed by atoms with Crippen LogP contribution >= 0.6 is 31.9 Å². The first kappa shape index (κ1) is 8.43. The van der Waals surface area contributed by atoms with Crippen molar-refractivity contribution in [1.29, 1.82) is 0 Å². The fraction of sp³-hybridized carbons (Fsp3) is 0.500. The van der Waals surface area contributed by atoms with Crippen LogP contribution in [0.25, 0.3) is 0 Å². The van der Waals surface area contributed by atoms with Gasteiger partial charge in [0.1, 0.15) is 0 Å². The molecule has 0 saturated carbocycles. The van der Waals surface area contributed by atoms with Gasteiger partial charge in [-0.2, -0.15) is 0 Å². The summed E-state index contributed by atoms with van der Waals surface area (Å²) in [6.07, 6.45) is 0.501. The maximum absolute atomic E-state index is 10.4. The van der Waals surface area contributed by atoms with Gasteiger partial charge in [0.05, 0.1) is 0 Å². The monoisotopic (exact) mass is 242 g/mol. The fourth-order valence-electron chi connectivity index (χ4n) is 0.194. The van der Waals surface area contributed by atoms with E-state index in [1.54, 1.807) is 6.92 Å². The highest BCUT2D eigenvalue weighted by Crippen LogP contribution is 2.12. The van der Waals surface area contributed by atoms with Crippen LogP contribution in [0.15, 0.2) is 0 Å². The number of hydrogen-bond donors (Lipinski definition) is 1. The molecule has 0 aromatic carbocycles. The molecule has 0 unspecified atom stereocenters. The summed E-state index contributed by atoms with van der Waals surface area (Å²) >= 11 is 6.03. The third-order valence-corrected chi connectivity index (χ3v) is 0.952. The summed E-state index contributed by atoms with van der Waals surface area (Å²) in [7, 11) is 0. The van der Waals surface area contributed by atoms with Crippen LogP contribution in [0.1, 0.15) is 13.3 Å². The van der Waals surface area contributed by atoms with E-state index in [1.807, 2.05) is 0 Å². The van der Waals surface area contributed by atoms with E-state index in [-0.39, 0.29) is 5.91 Å². The molecular weight excluding hydrogens is 238 g/mol. The van der Waals surface area contributed by atoms with Gasteiger partial charge < -0.3 is 5.32 Å². The van der Waals surface area contributed by atoms with Crippen LogP contribution in [0, 0.1) is 3.86 Å². The molecule has 0 aliphatic rings. The predicted molar refractivity (Wildman–Crippen MR) is 39.5 cm³/mol. The molecule has 0 spiro atoms. The summed E-state index contributed by atoms with van der Waals surface area (Å²) < 4.78 is 0.580. The molecule has 0 rings (SSSR count). The average Bonchev–Trinajstić information content (AvgIpc) is 1.65. The van der Waals surface area contributed by atoms with Gasteiger partial charge in [-0.3, -0.25) is 4.79 Å². The Bertz CT molecular complexity index is 84.1. The minimum absolute atomic E-state index is 0.00579. The molecule has 0 aliphatic heterocycles. The van der Waals surface area contributed by atoms with Crippen LogP contribution in [0.4, 0.5) is 0 Å². The van der Waals surface area contributed by atoms with E-state index in [1.165, 1.54) is 0 Å². The van der Waals surface area contributed by atoms with E-state index in [0.717, 1.165) is 0 Å². The lowest BCUT2D eigenvalue weighted by molar-refractivity contribution is -0.120. The van der Waals surface area contributed by atoms with Gasteiger partial charge in [0.25, 0.3) is 0 Å². The highest BCUT2D eigenvalue weighted by molar-refractivity contribution is 9.27. The number of carbonyl (C=O) groups excluding carboxylic acids is 1. The van der Waals surface area contributed by atoms with Gasteiger partial charge in [0.15, 0.2) is 3.86 Å². The van der Waals surface area contributed by atoms with Crippen molar-refractivity contribution in [3.8, 4) is 0 Å². The normalized spacial score (nSPS) is 9.50. The highest BCUT2D eigenvalue weighted by atomic mass is 79.9. The molecule has 0 fully saturated rings. The van der Waals surface area contributed by atoms with Crippen molar-refractivity contribution < 1.29 is 4.79 Å². The Hall–Kier alpha value is 0.430. The quantitative estimate of drug-likeness (QED) is 0.736. The Kier molecular flexibility index (Phi) is 4.56. The lowest BCUT2D eigenvalue weighted by Crippen LogP contribution is -2.20. The number of amides is 1. The minimum atomic E-state index is -0.00579. The minimum Gasteiger partial charge on any atom is -0.329 e. The van der Waals surface area contributed by atoms with Gasteiger partial charge in [-0.05, 0) is 31.9 Å². The smallest absolute Gasteiger partial charge is 0.221 e. The maximum Gasteiger partial charge on any atom is 0.221 e. The maximum atomic E-state index is 10.4. The first-order valence-corrected chi connectivity index (χ1v) is 3.73. The van der Waals surface area contributed by atoms with Gasteiger partial charge in [-0.15, -0.1) is 0 Å². The van der Waals surface area contributed by atoms with Crippen molar-refractivity contribution in [3.05, 3.63) is 3.86 Å². The molecular formula is C4H6Br2NO. The average molecular weight is 244 g/mol. The summed E-state index contributed by atoms with van der Waals surface area (Å²) in [5, 5.41) is 2.50. The summed E-state index contributed by atoms with van der Waals surface area (Å²) in [6.45, 7) is 1.79. The summed E-state index contributed by atoms with van der Waals surface area (Å²) in [5.74, 6) is -0.00579. The molecule has 8 heavy (non-hydrogen) atoms. The molecule has 1 radical (unpaired) electrons. The van der Waals surface area contributed by atoms with Crippen molar-refractivity contribution in [3.63, 3.8) is 0 Å². The lowest BCUT2D eigenvalue weighted by atomic mass is 10.5. The van der Waals surface area contributed by atoms with Crippen LogP contribution in [0.3, 0.4) is 0 Å². The molecule has 0 bridgehead atoms. The van der Waals surface area contributed by atoms with E-state index >= 15 is 0 Å². The van der Waals surface area contributed by atoms with Crippen LogP contribution in [-0.4, -0.2) is 5.91 Å². The third kappa shape index (κ3) is 4.59. The van der Waals surface area contributed by atoms with Crippen molar-refractivity contribution in [2.24, 2.45) is 0 Å². The molecule has 1 N–H and O–H groups in total. The second-order valence-electron chi connectivity index (χ2n) is 1.16. The van der Waals surface area contributed by atoms with Gasteiger partial charge in [-0.25, -0.2) is 0 Å². The number of nitrogens with one attached hydrogen (secondary N) is 1. The molecule has 47 valence electrons. The Balaban J connectivity index is 3.25. The third-order valence-electron chi connectivity index (χ3n) is 0.555. The SMILES string of the molecule is CCC(=O)N[C](Br)Br. The number of hydrogen-bond acceptors (Lipinski definition) is 1. The summed E-state index contributed by atoms with van der Waals surface area (Å²) in [5.41, 5.74) is 0. The van der Waals surface area contributed by atoms with Crippen LogP contribution in [0.5, 0.6) is 0 Å². The van der Waals surface area contributed by atoms with Gasteiger partial charge >= 0.3 is 0 Å². The fourth-order valence-corrected chi connectivity index (χ4v) is 0.636.